The van der Waals surface area contributed by atoms with Crippen LogP contribution in [0.25, 0.3) is 0 Å². The summed E-state index contributed by atoms with van der Waals surface area (Å²) < 4.78 is 27.6. The first kappa shape index (κ1) is 14.6. The van der Waals surface area contributed by atoms with Crippen LogP contribution in [0.1, 0.15) is 22.3 Å². The van der Waals surface area contributed by atoms with E-state index in [2.05, 4.69) is 11.6 Å². The van der Waals surface area contributed by atoms with Crippen molar-refractivity contribution in [2.45, 2.75) is 25.7 Å². The zero-order valence-corrected chi connectivity index (χ0v) is 12.7. The van der Waals surface area contributed by atoms with Gasteiger partial charge in [-0.25, -0.2) is 8.42 Å². The third kappa shape index (κ3) is 3.02. The molecular weight excluding hydrogens is 270 g/mol. The van der Waals surface area contributed by atoms with Crippen molar-refractivity contribution < 1.29 is 8.42 Å². The summed E-state index contributed by atoms with van der Waals surface area (Å²) >= 11 is 0. The average molecular weight is 288 g/mol. The number of hydrogen-bond acceptors (Lipinski definition) is 2. The molecule has 0 aliphatic rings. The number of sulfonamides is 1. The highest BCUT2D eigenvalue weighted by atomic mass is 32.2. The minimum absolute atomic E-state index is 0.349. The van der Waals surface area contributed by atoms with Crippen molar-refractivity contribution in [3.63, 3.8) is 0 Å². The van der Waals surface area contributed by atoms with Crippen molar-refractivity contribution in [3.05, 3.63) is 65.6 Å². The molecule has 0 fully saturated rings. The van der Waals surface area contributed by atoms with E-state index < -0.39 is 10.0 Å². The summed E-state index contributed by atoms with van der Waals surface area (Å²) in [6.45, 7) is 9.36. The molecule has 1 radical (unpaired) electrons. The third-order valence-corrected chi connectivity index (χ3v) is 4.77. The maximum Gasteiger partial charge on any atom is 0.262 e. The highest BCUT2D eigenvalue weighted by Gasteiger charge is 2.19. The number of hydrogen-bond donors (Lipinski definition) is 1. The van der Waals surface area contributed by atoms with E-state index >= 15 is 0 Å². The lowest BCUT2D eigenvalue weighted by Gasteiger charge is -2.14. The van der Waals surface area contributed by atoms with Gasteiger partial charge < -0.3 is 0 Å². The molecule has 2 rings (SSSR count). The lowest BCUT2D eigenvalue weighted by Crippen LogP contribution is -2.15. The zero-order valence-electron chi connectivity index (χ0n) is 11.9. The van der Waals surface area contributed by atoms with Gasteiger partial charge in [0, 0.05) is 5.69 Å². The molecule has 1 N–H and O–H groups in total. The Labute approximate surface area is 120 Å². The molecular formula is C16H18NO2S. The summed E-state index contributed by atoms with van der Waals surface area (Å²) in [5.74, 6) is 0. The van der Waals surface area contributed by atoms with Crippen molar-refractivity contribution in [1.82, 2.24) is 0 Å². The number of anilines is 1. The van der Waals surface area contributed by atoms with Gasteiger partial charge in [-0.2, -0.15) is 0 Å². The van der Waals surface area contributed by atoms with Gasteiger partial charge in [0.15, 0.2) is 0 Å². The van der Waals surface area contributed by atoms with Gasteiger partial charge in [-0.15, -0.1) is 0 Å². The van der Waals surface area contributed by atoms with Crippen LogP contribution in [0.5, 0.6) is 0 Å². The molecule has 0 saturated carbocycles. The monoisotopic (exact) mass is 288 g/mol. The summed E-state index contributed by atoms with van der Waals surface area (Å²) in [7, 11) is -3.57. The van der Waals surface area contributed by atoms with Crippen LogP contribution in [0.3, 0.4) is 0 Å². The van der Waals surface area contributed by atoms with E-state index in [1.165, 1.54) is 0 Å². The van der Waals surface area contributed by atoms with Crippen molar-refractivity contribution in [3.8, 4) is 0 Å². The molecule has 105 valence electrons. The molecule has 0 amide bonds. The standard InChI is InChI=1S/C16H18NO2S/c1-11-5-7-15(8-6-11)17-20(18,19)16-13(3)9-12(2)10-14(16)4/h5-10,17H,1H2,2-4H3. The number of rotatable bonds is 3. The molecule has 3 nitrogen and oxygen atoms in total. The summed E-state index contributed by atoms with van der Waals surface area (Å²) in [6.07, 6.45) is 0. The molecule has 0 aliphatic carbocycles. The second-order valence-corrected chi connectivity index (χ2v) is 6.65. The molecule has 4 heteroatoms. The van der Waals surface area contributed by atoms with E-state index in [4.69, 9.17) is 0 Å². The highest BCUT2D eigenvalue weighted by Crippen LogP contribution is 2.24. The second-order valence-electron chi connectivity index (χ2n) is 5.03. The normalized spacial score (nSPS) is 11.4. The minimum Gasteiger partial charge on any atom is -0.280 e. The Morgan fingerprint density at radius 3 is 1.95 bits per heavy atom. The van der Waals surface area contributed by atoms with Crippen LogP contribution in [0.4, 0.5) is 5.69 Å². The van der Waals surface area contributed by atoms with E-state index in [-0.39, 0.29) is 0 Å². The SMILES string of the molecule is [CH2]c1ccc(NS(=O)(=O)c2c(C)cc(C)cc2C)cc1. The Hall–Kier alpha value is -1.81. The van der Waals surface area contributed by atoms with Crippen molar-refractivity contribution in [1.29, 1.82) is 0 Å². The predicted molar refractivity (Wildman–Crippen MR) is 82.4 cm³/mol. The van der Waals surface area contributed by atoms with Gasteiger partial charge in [0.2, 0.25) is 0 Å². The van der Waals surface area contributed by atoms with Gasteiger partial charge in [-0.1, -0.05) is 29.8 Å². The third-order valence-electron chi connectivity index (χ3n) is 3.08. The first-order valence-corrected chi connectivity index (χ1v) is 7.80. The molecule has 0 spiro atoms. The molecule has 2 aromatic rings. The number of nitrogens with one attached hydrogen (secondary N) is 1. The van der Waals surface area contributed by atoms with Crippen molar-refractivity contribution in [2.24, 2.45) is 0 Å². The van der Waals surface area contributed by atoms with Crippen LogP contribution in [0.2, 0.25) is 0 Å². The zero-order chi connectivity index (χ0) is 14.9. The first-order valence-electron chi connectivity index (χ1n) is 6.32. The predicted octanol–water partition coefficient (Wildman–Crippen LogP) is 3.59. The fraction of sp³-hybridized carbons (Fsp3) is 0.188. The Morgan fingerprint density at radius 1 is 0.950 bits per heavy atom. The molecule has 0 atom stereocenters. The fourth-order valence-corrected chi connectivity index (χ4v) is 3.88. The molecule has 0 heterocycles. The lowest BCUT2D eigenvalue weighted by molar-refractivity contribution is 0.600. The van der Waals surface area contributed by atoms with E-state index in [9.17, 15) is 8.42 Å². The fourth-order valence-electron chi connectivity index (χ4n) is 2.37. The molecule has 0 aliphatic heterocycles. The summed E-state index contributed by atoms with van der Waals surface area (Å²) in [4.78, 5) is 0.349. The summed E-state index contributed by atoms with van der Waals surface area (Å²) in [5.41, 5.74) is 3.94. The van der Waals surface area contributed by atoms with Crippen molar-refractivity contribution in [2.75, 3.05) is 4.72 Å². The maximum atomic E-state index is 12.5. The molecule has 0 bridgehead atoms. The van der Waals surface area contributed by atoms with Crippen LogP contribution < -0.4 is 4.72 Å². The number of aryl methyl sites for hydroxylation is 3. The van der Waals surface area contributed by atoms with Crippen LogP contribution in [-0.2, 0) is 10.0 Å². The van der Waals surface area contributed by atoms with Gasteiger partial charge >= 0.3 is 0 Å². The quantitative estimate of drug-likeness (QED) is 0.938. The van der Waals surface area contributed by atoms with E-state index in [0.717, 1.165) is 22.3 Å². The molecule has 0 aromatic heterocycles. The van der Waals surface area contributed by atoms with Gasteiger partial charge in [0.25, 0.3) is 10.0 Å². The van der Waals surface area contributed by atoms with E-state index in [1.807, 2.05) is 32.9 Å². The molecule has 0 saturated heterocycles. The van der Waals surface area contributed by atoms with Crippen molar-refractivity contribution >= 4 is 15.7 Å². The topological polar surface area (TPSA) is 46.2 Å². The average Bonchev–Trinajstić information content (AvgIpc) is 2.30. The Bertz CT molecular complexity index is 709. The Balaban J connectivity index is 2.43. The highest BCUT2D eigenvalue weighted by molar-refractivity contribution is 7.92. The largest absolute Gasteiger partial charge is 0.280 e. The van der Waals surface area contributed by atoms with E-state index in [1.54, 1.807) is 24.3 Å². The van der Waals surface area contributed by atoms with Gasteiger partial charge in [0.05, 0.1) is 4.90 Å². The number of benzene rings is 2. The van der Waals surface area contributed by atoms with Gasteiger partial charge in [0.1, 0.15) is 0 Å². The summed E-state index contributed by atoms with van der Waals surface area (Å²) in [6, 6.07) is 10.7. The van der Waals surface area contributed by atoms with Crippen LogP contribution >= 0.6 is 0 Å². The maximum absolute atomic E-state index is 12.5. The van der Waals surface area contributed by atoms with E-state index in [0.29, 0.717) is 10.6 Å². The second kappa shape index (κ2) is 5.29. The molecule has 0 unspecified atom stereocenters. The summed E-state index contributed by atoms with van der Waals surface area (Å²) in [5, 5.41) is 0. The van der Waals surface area contributed by atoms with Gasteiger partial charge in [-0.05, 0) is 56.5 Å². The van der Waals surface area contributed by atoms with Crippen LogP contribution in [-0.4, -0.2) is 8.42 Å². The van der Waals surface area contributed by atoms with Crippen LogP contribution in [0.15, 0.2) is 41.3 Å². The van der Waals surface area contributed by atoms with Gasteiger partial charge in [-0.3, -0.25) is 4.72 Å². The Morgan fingerprint density at radius 2 is 1.45 bits per heavy atom. The smallest absolute Gasteiger partial charge is 0.262 e. The first-order chi connectivity index (χ1) is 9.29. The van der Waals surface area contributed by atoms with Crippen LogP contribution in [0, 0.1) is 27.7 Å². The molecule has 20 heavy (non-hydrogen) atoms. The molecule has 2 aromatic carbocycles. The minimum atomic E-state index is -3.57. The Kier molecular flexibility index (Phi) is 3.86. The lowest BCUT2D eigenvalue weighted by atomic mass is 10.1.